The molecular formula is C13H17N5. The normalized spacial score (nSPS) is 10.4. The van der Waals surface area contributed by atoms with Gasteiger partial charge in [-0.05, 0) is 26.0 Å². The highest BCUT2D eigenvalue weighted by atomic mass is 15.2. The molecule has 18 heavy (non-hydrogen) atoms. The summed E-state index contributed by atoms with van der Waals surface area (Å²) in [6, 6.07) is 5.99. The molecule has 2 aromatic heterocycles. The Morgan fingerprint density at radius 1 is 1.22 bits per heavy atom. The van der Waals surface area contributed by atoms with Crippen LogP contribution in [0.4, 0.5) is 11.8 Å². The van der Waals surface area contributed by atoms with Crippen molar-refractivity contribution in [1.29, 1.82) is 0 Å². The van der Waals surface area contributed by atoms with Crippen LogP contribution in [0, 0.1) is 13.8 Å². The van der Waals surface area contributed by atoms with Gasteiger partial charge < -0.3 is 10.6 Å². The van der Waals surface area contributed by atoms with E-state index in [0.29, 0.717) is 12.5 Å². The highest BCUT2D eigenvalue weighted by Gasteiger charge is 2.09. The smallest absolute Gasteiger partial charge is 0.221 e. The summed E-state index contributed by atoms with van der Waals surface area (Å²) in [5.41, 5.74) is 8.64. The molecular weight excluding hydrogens is 226 g/mol. The Morgan fingerprint density at radius 3 is 2.72 bits per heavy atom. The lowest BCUT2D eigenvalue weighted by atomic mass is 10.2. The number of aromatic nitrogens is 3. The zero-order valence-electron chi connectivity index (χ0n) is 10.9. The van der Waals surface area contributed by atoms with Crippen molar-refractivity contribution in [2.75, 3.05) is 17.7 Å². The van der Waals surface area contributed by atoms with Crippen molar-refractivity contribution in [2.24, 2.45) is 0 Å². The van der Waals surface area contributed by atoms with Crippen molar-refractivity contribution in [3.8, 4) is 0 Å². The SMILES string of the molecule is Cc1cccc(CN(C)c2nc(N)ncc2C)n1. The first-order chi connectivity index (χ1) is 8.56. The Balaban J connectivity index is 2.21. The molecule has 0 atom stereocenters. The van der Waals surface area contributed by atoms with Crippen molar-refractivity contribution in [1.82, 2.24) is 15.0 Å². The van der Waals surface area contributed by atoms with Gasteiger partial charge in [-0.15, -0.1) is 0 Å². The van der Waals surface area contributed by atoms with Gasteiger partial charge in [-0.2, -0.15) is 4.98 Å². The largest absolute Gasteiger partial charge is 0.368 e. The molecule has 0 amide bonds. The minimum atomic E-state index is 0.291. The molecule has 2 rings (SSSR count). The number of nitrogens with two attached hydrogens (primary N) is 1. The number of anilines is 2. The summed E-state index contributed by atoms with van der Waals surface area (Å²) in [6.07, 6.45) is 1.73. The average molecular weight is 243 g/mol. The number of hydrogen-bond donors (Lipinski definition) is 1. The van der Waals surface area contributed by atoms with Gasteiger partial charge in [-0.1, -0.05) is 6.07 Å². The molecule has 0 saturated carbocycles. The number of pyridine rings is 1. The predicted octanol–water partition coefficient (Wildman–Crippen LogP) is 1.71. The quantitative estimate of drug-likeness (QED) is 0.888. The third kappa shape index (κ3) is 2.74. The van der Waals surface area contributed by atoms with Gasteiger partial charge in [-0.3, -0.25) is 4.98 Å². The zero-order valence-corrected chi connectivity index (χ0v) is 10.9. The molecule has 0 aliphatic carbocycles. The minimum absolute atomic E-state index is 0.291. The van der Waals surface area contributed by atoms with Gasteiger partial charge in [0.2, 0.25) is 5.95 Å². The summed E-state index contributed by atoms with van der Waals surface area (Å²) in [4.78, 5) is 14.7. The van der Waals surface area contributed by atoms with E-state index in [4.69, 9.17) is 5.73 Å². The van der Waals surface area contributed by atoms with Crippen LogP contribution in [0.25, 0.3) is 0 Å². The predicted molar refractivity (Wildman–Crippen MR) is 72.3 cm³/mol. The topological polar surface area (TPSA) is 67.9 Å². The molecule has 0 aliphatic heterocycles. The molecule has 0 fully saturated rings. The zero-order chi connectivity index (χ0) is 13.1. The summed E-state index contributed by atoms with van der Waals surface area (Å²) in [5, 5.41) is 0. The van der Waals surface area contributed by atoms with Crippen LogP contribution < -0.4 is 10.6 Å². The number of aryl methyl sites for hydroxylation is 2. The molecule has 2 N–H and O–H groups in total. The van der Waals surface area contributed by atoms with Crippen LogP contribution >= 0.6 is 0 Å². The number of hydrogen-bond acceptors (Lipinski definition) is 5. The fourth-order valence-corrected chi connectivity index (χ4v) is 1.84. The monoisotopic (exact) mass is 243 g/mol. The molecule has 2 heterocycles. The Kier molecular flexibility index (Phi) is 3.41. The van der Waals surface area contributed by atoms with E-state index >= 15 is 0 Å². The first kappa shape index (κ1) is 12.3. The lowest BCUT2D eigenvalue weighted by Gasteiger charge is -2.19. The molecule has 0 aromatic carbocycles. The third-order valence-corrected chi connectivity index (χ3v) is 2.67. The second-order valence-electron chi connectivity index (χ2n) is 4.36. The molecule has 0 bridgehead atoms. The Morgan fingerprint density at radius 2 is 2.00 bits per heavy atom. The number of nitrogens with zero attached hydrogens (tertiary/aromatic N) is 4. The third-order valence-electron chi connectivity index (χ3n) is 2.67. The van der Waals surface area contributed by atoms with Crippen LogP contribution in [-0.2, 0) is 6.54 Å². The van der Waals surface area contributed by atoms with E-state index in [1.807, 2.05) is 44.0 Å². The van der Waals surface area contributed by atoms with Crippen LogP contribution in [0.3, 0.4) is 0 Å². The molecule has 0 radical (unpaired) electrons. The van der Waals surface area contributed by atoms with Crippen molar-refractivity contribution in [2.45, 2.75) is 20.4 Å². The fourth-order valence-electron chi connectivity index (χ4n) is 1.84. The van der Waals surface area contributed by atoms with Gasteiger partial charge in [0.25, 0.3) is 0 Å². The van der Waals surface area contributed by atoms with Crippen molar-refractivity contribution in [3.63, 3.8) is 0 Å². The van der Waals surface area contributed by atoms with Crippen LogP contribution in [0.2, 0.25) is 0 Å². The Labute approximate surface area is 107 Å². The molecule has 94 valence electrons. The van der Waals surface area contributed by atoms with Gasteiger partial charge in [0.1, 0.15) is 5.82 Å². The van der Waals surface area contributed by atoms with E-state index in [1.165, 1.54) is 0 Å². The van der Waals surface area contributed by atoms with E-state index < -0.39 is 0 Å². The second-order valence-corrected chi connectivity index (χ2v) is 4.36. The van der Waals surface area contributed by atoms with Crippen LogP contribution in [0.1, 0.15) is 17.0 Å². The van der Waals surface area contributed by atoms with Crippen LogP contribution in [0.15, 0.2) is 24.4 Å². The molecule has 2 aromatic rings. The maximum absolute atomic E-state index is 5.62. The Hall–Kier alpha value is -2.17. The van der Waals surface area contributed by atoms with Crippen molar-refractivity contribution >= 4 is 11.8 Å². The highest BCUT2D eigenvalue weighted by Crippen LogP contribution is 2.17. The minimum Gasteiger partial charge on any atom is -0.368 e. The van der Waals surface area contributed by atoms with Gasteiger partial charge in [0, 0.05) is 24.5 Å². The summed E-state index contributed by atoms with van der Waals surface area (Å²) in [5.74, 6) is 1.13. The van der Waals surface area contributed by atoms with Gasteiger partial charge in [0.05, 0.1) is 12.2 Å². The molecule has 0 aliphatic rings. The van der Waals surface area contributed by atoms with Crippen molar-refractivity contribution in [3.05, 3.63) is 41.3 Å². The summed E-state index contributed by atoms with van der Waals surface area (Å²) in [6.45, 7) is 4.64. The number of nitrogen functional groups attached to an aromatic ring is 1. The van der Waals surface area contributed by atoms with E-state index in [0.717, 1.165) is 22.8 Å². The van der Waals surface area contributed by atoms with E-state index in [9.17, 15) is 0 Å². The summed E-state index contributed by atoms with van der Waals surface area (Å²) in [7, 11) is 1.97. The highest BCUT2D eigenvalue weighted by molar-refractivity contribution is 5.47. The molecule has 5 heteroatoms. The summed E-state index contributed by atoms with van der Waals surface area (Å²) < 4.78 is 0. The fraction of sp³-hybridized carbons (Fsp3) is 0.308. The maximum Gasteiger partial charge on any atom is 0.221 e. The van der Waals surface area contributed by atoms with Gasteiger partial charge >= 0.3 is 0 Å². The van der Waals surface area contributed by atoms with Gasteiger partial charge in [0.15, 0.2) is 0 Å². The van der Waals surface area contributed by atoms with Gasteiger partial charge in [-0.25, -0.2) is 4.98 Å². The molecule has 5 nitrogen and oxygen atoms in total. The number of rotatable bonds is 3. The Bertz CT molecular complexity index is 553. The standard InChI is InChI=1S/C13H17N5/c1-9-7-15-13(14)17-12(9)18(3)8-11-6-4-5-10(2)16-11/h4-7H,8H2,1-3H3,(H2,14,15,17). The van der Waals surface area contributed by atoms with Crippen LogP contribution in [-0.4, -0.2) is 22.0 Å². The average Bonchev–Trinajstić information content (AvgIpc) is 2.32. The molecule has 0 unspecified atom stereocenters. The van der Waals surface area contributed by atoms with Crippen molar-refractivity contribution < 1.29 is 0 Å². The van der Waals surface area contributed by atoms with E-state index in [1.54, 1.807) is 6.20 Å². The second kappa shape index (κ2) is 5.00. The lowest BCUT2D eigenvalue weighted by molar-refractivity contribution is 0.850. The summed E-state index contributed by atoms with van der Waals surface area (Å²) >= 11 is 0. The first-order valence-electron chi connectivity index (χ1n) is 5.79. The van der Waals surface area contributed by atoms with E-state index in [-0.39, 0.29) is 0 Å². The first-order valence-corrected chi connectivity index (χ1v) is 5.79. The lowest BCUT2D eigenvalue weighted by Crippen LogP contribution is -2.20. The molecule has 0 spiro atoms. The van der Waals surface area contributed by atoms with E-state index in [2.05, 4.69) is 15.0 Å². The molecule has 0 saturated heterocycles. The van der Waals surface area contributed by atoms with Crippen LogP contribution in [0.5, 0.6) is 0 Å². The maximum atomic E-state index is 5.62.